The van der Waals surface area contributed by atoms with Gasteiger partial charge in [-0.15, -0.1) is 11.8 Å². The van der Waals surface area contributed by atoms with Crippen LogP contribution in [0.1, 0.15) is 55.3 Å². The molecule has 1 aromatic carbocycles. The van der Waals surface area contributed by atoms with Crippen molar-refractivity contribution in [2.45, 2.75) is 49.8 Å². The van der Waals surface area contributed by atoms with E-state index in [1.165, 1.54) is 37.0 Å². The highest BCUT2D eigenvalue weighted by Crippen LogP contribution is 2.28. The van der Waals surface area contributed by atoms with Gasteiger partial charge in [-0.3, -0.25) is 4.79 Å². The van der Waals surface area contributed by atoms with E-state index < -0.39 is 0 Å². The van der Waals surface area contributed by atoms with E-state index in [1.54, 1.807) is 11.8 Å². The Kier molecular flexibility index (Phi) is 5.30. The molecule has 0 heterocycles. The van der Waals surface area contributed by atoms with Crippen LogP contribution >= 0.6 is 11.8 Å². The Bertz CT molecular complexity index is 377. The summed E-state index contributed by atoms with van der Waals surface area (Å²) < 4.78 is 0. The summed E-state index contributed by atoms with van der Waals surface area (Å²) in [7, 11) is 0. The Balaban J connectivity index is 1.82. The Morgan fingerprint density at radius 2 is 1.83 bits per heavy atom. The lowest BCUT2D eigenvalue weighted by Crippen LogP contribution is -2.09. The van der Waals surface area contributed by atoms with Crippen molar-refractivity contribution in [3.05, 3.63) is 29.8 Å². The molecule has 0 spiro atoms. The van der Waals surface area contributed by atoms with Gasteiger partial charge < -0.3 is 0 Å². The zero-order chi connectivity index (χ0) is 12.8. The van der Waals surface area contributed by atoms with Crippen LogP contribution in [0.3, 0.4) is 0 Å². The molecule has 0 radical (unpaired) electrons. The van der Waals surface area contributed by atoms with Gasteiger partial charge in [0, 0.05) is 16.9 Å². The van der Waals surface area contributed by atoms with Crippen molar-refractivity contribution in [1.82, 2.24) is 0 Å². The zero-order valence-corrected chi connectivity index (χ0v) is 12.0. The van der Waals surface area contributed by atoms with Crippen LogP contribution in [0.4, 0.5) is 0 Å². The lowest BCUT2D eigenvalue weighted by Gasteiger charge is -2.20. The summed E-state index contributed by atoms with van der Waals surface area (Å²) in [6, 6.07) is 8.01. The molecule has 0 amide bonds. The average Bonchev–Trinajstić information content (AvgIpc) is 2.46. The number of hydrogen-bond acceptors (Lipinski definition) is 2. The lowest BCUT2D eigenvalue weighted by molar-refractivity contribution is 0.0970. The van der Waals surface area contributed by atoms with Crippen LogP contribution in [0.2, 0.25) is 0 Å². The van der Waals surface area contributed by atoms with Crippen molar-refractivity contribution in [2.24, 2.45) is 5.92 Å². The molecule has 2 rings (SSSR count). The van der Waals surface area contributed by atoms with Gasteiger partial charge in [-0.2, -0.15) is 0 Å². The molecule has 0 saturated heterocycles. The molecule has 1 saturated carbocycles. The number of carbonyl (C=O) groups is 1. The second kappa shape index (κ2) is 6.98. The van der Waals surface area contributed by atoms with E-state index in [1.807, 2.05) is 24.3 Å². The molecule has 0 bridgehead atoms. The molecule has 0 atom stereocenters. The molecule has 2 heteroatoms. The average molecular weight is 262 g/mol. The molecule has 0 aromatic heterocycles. The van der Waals surface area contributed by atoms with E-state index in [0.29, 0.717) is 5.78 Å². The summed E-state index contributed by atoms with van der Waals surface area (Å²) in [5.74, 6) is 1.11. The number of ketones is 1. The fourth-order valence-electron chi connectivity index (χ4n) is 2.73. The standard InChI is InChI=1S/C16H22OS/c1-18-15-10-8-14(9-11-15)16(17)12-7-13-5-3-2-4-6-13/h8-11,13H,2-7,12H2,1H3. The Morgan fingerprint density at radius 1 is 1.17 bits per heavy atom. The molecule has 1 aliphatic rings. The Morgan fingerprint density at radius 3 is 2.44 bits per heavy atom. The lowest BCUT2D eigenvalue weighted by atomic mass is 9.85. The minimum Gasteiger partial charge on any atom is -0.294 e. The minimum absolute atomic E-state index is 0.313. The van der Waals surface area contributed by atoms with Gasteiger partial charge in [0.25, 0.3) is 0 Å². The molecule has 18 heavy (non-hydrogen) atoms. The van der Waals surface area contributed by atoms with Crippen molar-refractivity contribution in [3.8, 4) is 0 Å². The van der Waals surface area contributed by atoms with Crippen LogP contribution in [0, 0.1) is 5.92 Å². The third-order valence-electron chi connectivity index (χ3n) is 3.92. The van der Waals surface area contributed by atoms with E-state index >= 15 is 0 Å². The monoisotopic (exact) mass is 262 g/mol. The predicted octanol–water partition coefficient (Wildman–Crippen LogP) is 4.95. The predicted molar refractivity (Wildman–Crippen MR) is 78.4 cm³/mol. The summed E-state index contributed by atoms with van der Waals surface area (Å²) in [6.07, 6.45) is 10.6. The van der Waals surface area contributed by atoms with Gasteiger partial charge in [-0.1, -0.05) is 44.2 Å². The van der Waals surface area contributed by atoms with Crippen LogP contribution in [0.25, 0.3) is 0 Å². The van der Waals surface area contributed by atoms with Gasteiger partial charge in [0.15, 0.2) is 5.78 Å². The Hall–Kier alpha value is -0.760. The summed E-state index contributed by atoms with van der Waals surface area (Å²) in [5.41, 5.74) is 0.878. The molecule has 1 aromatic rings. The third-order valence-corrected chi connectivity index (χ3v) is 4.66. The maximum absolute atomic E-state index is 12.1. The van der Waals surface area contributed by atoms with Crippen LogP contribution in [-0.4, -0.2) is 12.0 Å². The summed E-state index contributed by atoms with van der Waals surface area (Å²) in [4.78, 5) is 13.3. The summed E-state index contributed by atoms with van der Waals surface area (Å²) in [5, 5.41) is 0. The van der Waals surface area contributed by atoms with Gasteiger partial charge in [-0.25, -0.2) is 0 Å². The normalized spacial score (nSPS) is 16.7. The molecule has 1 nitrogen and oxygen atoms in total. The first-order chi connectivity index (χ1) is 8.79. The second-order valence-electron chi connectivity index (χ2n) is 5.19. The van der Waals surface area contributed by atoms with Crippen LogP contribution < -0.4 is 0 Å². The van der Waals surface area contributed by atoms with E-state index in [0.717, 1.165) is 24.3 Å². The summed E-state index contributed by atoms with van der Waals surface area (Å²) >= 11 is 1.71. The van der Waals surface area contributed by atoms with E-state index in [-0.39, 0.29) is 0 Å². The smallest absolute Gasteiger partial charge is 0.162 e. The van der Waals surface area contributed by atoms with E-state index in [4.69, 9.17) is 0 Å². The van der Waals surface area contributed by atoms with Gasteiger partial charge in [0.1, 0.15) is 0 Å². The van der Waals surface area contributed by atoms with Gasteiger partial charge in [-0.05, 0) is 30.7 Å². The quantitative estimate of drug-likeness (QED) is 0.551. The van der Waals surface area contributed by atoms with Crippen molar-refractivity contribution in [1.29, 1.82) is 0 Å². The Labute approximate surface area is 114 Å². The maximum atomic E-state index is 12.1. The molecule has 0 N–H and O–H groups in total. The fraction of sp³-hybridized carbons (Fsp3) is 0.562. The van der Waals surface area contributed by atoms with Crippen LogP contribution in [0.15, 0.2) is 29.2 Å². The van der Waals surface area contributed by atoms with E-state index in [2.05, 4.69) is 6.26 Å². The molecular formula is C16H22OS. The topological polar surface area (TPSA) is 17.1 Å². The van der Waals surface area contributed by atoms with E-state index in [9.17, 15) is 4.79 Å². The summed E-state index contributed by atoms with van der Waals surface area (Å²) in [6.45, 7) is 0. The first kappa shape index (κ1) is 13.7. The second-order valence-corrected chi connectivity index (χ2v) is 6.07. The highest BCUT2D eigenvalue weighted by molar-refractivity contribution is 7.98. The third kappa shape index (κ3) is 3.88. The van der Waals surface area contributed by atoms with Gasteiger partial charge >= 0.3 is 0 Å². The fourth-order valence-corrected chi connectivity index (χ4v) is 3.14. The maximum Gasteiger partial charge on any atom is 0.162 e. The van der Waals surface area contributed by atoms with Gasteiger partial charge in [0.2, 0.25) is 0 Å². The highest BCUT2D eigenvalue weighted by atomic mass is 32.2. The molecule has 0 unspecified atom stereocenters. The van der Waals surface area contributed by atoms with Crippen molar-refractivity contribution in [3.63, 3.8) is 0 Å². The number of carbonyl (C=O) groups excluding carboxylic acids is 1. The molecule has 0 aliphatic heterocycles. The first-order valence-electron chi connectivity index (χ1n) is 6.97. The molecular weight excluding hydrogens is 240 g/mol. The number of thioether (sulfide) groups is 1. The SMILES string of the molecule is CSc1ccc(C(=O)CCC2CCCCC2)cc1. The van der Waals surface area contributed by atoms with Crippen LogP contribution in [-0.2, 0) is 0 Å². The molecule has 1 aliphatic carbocycles. The number of hydrogen-bond donors (Lipinski definition) is 0. The van der Waals surface area contributed by atoms with Gasteiger partial charge in [0.05, 0.1) is 0 Å². The van der Waals surface area contributed by atoms with Crippen molar-refractivity contribution < 1.29 is 4.79 Å². The molecule has 98 valence electrons. The minimum atomic E-state index is 0.313. The highest BCUT2D eigenvalue weighted by Gasteiger charge is 2.15. The van der Waals surface area contributed by atoms with Crippen LogP contribution in [0.5, 0.6) is 0 Å². The zero-order valence-electron chi connectivity index (χ0n) is 11.2. The first-order valence-corrected chi connectivity index (χ1v) is 8.19. The molecule has 1 fully saturated rings. The van der Waals surface area contributed by atoms with Crippen molar-refractivity contribution >= 4 is 17.5 Å². The number of Topliss-reactive ketones (excluding diaryl/α,β-unsaturated/α-hetero) is 1. The number of benzene rings is 1. The van der Waals surface area contributed by atoms with Crippen molar-refractivity contribution in [2.75, 3.05) is 6.26 Å². The number of rotatable bonds is 5. The largest absolute Gasteiger partial charge is 0.294 e.